The van der Waals surface area contributed by atoms with Crippen LogP contribution in [-0.4, -0.2) is 37.2 Å². The van der Waals surface area contributed by atoms with Gasteiger partial charge in [-0.1, -0.05) is 13.0 Å². The van der Waals surface area contributed by atoms with Crippen molar-refractivity contribution in [1.82, 2.24) is 5.32 Å². The first-order chi connectivity index (χ1) is 9.31. The van der Waals surface area contributed by atoms with Gasteiger partial charge in [0.25, 0.3) is 0 Å². The monoisotopic (exact) mass is 279 g/mol. The van der Waals surface area contributed by atoms with Gasteiger partial charge in [0.05, 0.1) is 0 Å². The zero-order valence-electron chi connectivity index (χ0n) is 11.3. The number of carbonyl (C=O) groups excluding carboxylic acids is 1. The van der Waals surface area contributed by atoms with Crippen molar-refractivity contribution in [3.63, 3.8) is 0 Å². The standard InChI is InChI=1S/C14H21N3OS/c1-2-19-10-4-7-15-12-5-3-6-13(11-12)17-9-8-16-14(17)18/h3,5-6,11,15H,2,4,7-10H2,1H3,(H,16,18). The van der Waals surface area contributed by atoms with E-state index < -0.39 is 0 Å². The summed E-state index contributed by atoms with van der Waals surface area (Å²) >= 11 is 1.97. The third-order valence-electron chi connectivity index (χ3n) is 3.01. The van der Waals surface area contributed by atoms with Gasteiger partial charge in [-0.3, -0.25) is 4.90 Å². The molecule has 0 bridgehead atoms. The summed E-state index contributed by atoms with van der Waals surface area (Å²) in [4.78, 5) is 13.4. The Morgan fingerprint density at radius 3 is 3.11 bits per heavy atom. The van der Waals surface area contributed by atoms with Crippen LogP contribution in [0.4, 0.5) is 16.2 Å². The number of hydrogen-bond donors (Lipinski definition) is 2. The first-order valence-electron chi connectivity index (χ1n) is 6.78. The first-order valence-corrected chi connectivity index (χ1v) is 7.94. The van der Waals surface area contributed by atoms with E-state index in [4.69, 9.17) is 0 Å². The molecule has 0 saturated carbocycles. The third-order valence-corrected chi connectivity index (χ3v) is 4.00. The molecule has 2 amide bonds. The van der Waals surface area contributed by atoms with Gasteiger partial charge in [0.1, 0.15) is 0 Å². The molecular weight excluding hydrogens is 258 g/mol. The molecule has 2 rings (SSSR count). The maximum atomic E-state index is 11.6. The number of thioether (sulfide) groups is 1. The van der Waals surface area contributed by atoms with E-state index >= 15 is 0 Å². The molecule has 19 heavy (non-hydrogen) atoms. The van der Waals surface area contributed by atoms with Crippen LogP contribution in [0.25, 0.3) is 0 Å². The molecule has 0 aromatic heterocycles. The summed E-state index contributed by atoms with van der Waals surface area (Å²) in [6, 6.07) is 8.05. The van der Waals surface area contributed by atoms with Crippen LogP contribution in [0.2, 0.25) is 0 Å². The van der Waals surface area contributed by atoms with Gasteiger partial charge in [-0.25, -0.2) is 4.79 Å². The quantitative estimate of drug-likeness (QED) is 0.754. The van der Waals surface area contributed by atoms with Crippen molar-refractivity contribution in [3.05, 3.63) is 24.3 Å². The summed E-state index contributed by atoms with van der Waals surface area (Å²) in [6.07, 6.45) is 1.16. The molecule has 104 valence electrons. The van der Waals surface area contributed by atoms with E-state index in [-0.39, 0.29) is 6.03 Å². The number of amides is 2. The van der Waals surface area contributed by atoms with Gasteiger partial charge in [0, 0.05) is 31.0 Å². The summed E-state index contributed by atoms with van der Waals surface area (Å²) in [5.74, 6) is 2.37. The average Bonchev–Trinajstić information content (AvgIpc) is 2.85. The van der Waals surface area contributed by atoms with Crippen molar-refractivity contribution >= 4 is 29.2 Å². The lowest BCUT2D eigenvalue weighted by Crippen LogP contribution is -2.27. The Morgan fingerprint density at radius 1 is 1.47 bits per heavy atom. The lowest BCUT2D eigenvalue weighted by Gasteiger charge is -2.15. The molecule has 1 aromatic rings. The van der Waals surface area contributed by atoms with Gasteiger partial charge >= 0.3 is 6.03 Å². The molecule has 1 fully saturated rings. The van der Waals surface area contributed by atoms with Crippen LogP contribution in [0, 0.1) is 0 Å². The van der Waals surface area contributed by atoms with E-state index in [9.17, 15) is 4.79 Å². The maximum Gasteiger partial charge on any atom is 0.321 e. The molecule has 1 aromatic carbocycles. The third kappa shape index (κ3) is 4.06. The van der Waals surface area contributed by atoms with Gasteiger partial charge in [0.2, 0.25) is 0 Å². The number of carbonyl (C=O) groups is 1. The zero-order valence-corrected chi connectivity index (χ0v) is 12.1. The second-order valence-corrected chi connectivity index (χ2v) is 5.80. The Bertz CT molecular complexity index is 425. The molecule has 1 aliphatic rings. The second kappa shape index (κ2) is 7.28. The number of urea groups is 1. The minimum atomic E-state index is -0.00324. The highest BCUT2D eigenvalue weighted by Crippen LogP contribution is 2.20. The van der Waals surface area contributed by atoms with Crippen LogP contribution >= 0.6 is 11.8 Å². The van der Waals surface area contributed by atoms with Crippen molar-refractivity contribution < 1.29 is 4.79 Å². The summed E-state index contributed by atoms with van der Waals surface area (Å²) in [6.45, 7) is 4.63. The second-order valence-electron chi connectivity index (χ2n) is 4.41. The summed E-state index contributed by atoms with van der Waals surface area (Å²) in [5.41, 5.74) is 2.04. The molecule has 0 aliphatic carbocycles. The molecule has 5 heteroatoms. The molecule has 0 radical (unpaired) electrons. The van der Waals surface area contributed by atoms with Gasteiger partial charge in [-0.05, 0) is 36.1 Å². The van der Waals surface area contributed by atoms with Crippen molar-refractivity contribution in [3.8, 4) is 0 Å². The molecule has 1 heterocycles. The van der Waals surface area contributed by atoms with Crippen molar-refractivity contribution in [2.24, 2.45) is 0 Å². The number of anilines is 2. The first kappa shape index (κ1) is 14.1. The van der Waals surface area contributed by atoms with Gasteiger partial charge in [-0.2, -0.15) is 11.8 Å². The normalized spacial score (nSPS) is 14.6. The maximum absolute atomic E-state index is 11.6. The van der Waals surface area contributed by atoms with Crippen molar-refractivity contribution in [2.75, 3.05) is 41.4 Å². The summed E-state index contributed by atoms with van der Waals surface area (Å²) in [7, 11) is 0. The van der Waals surface area contributed by atoms with Crippen LogP contribution in [-0.2, 0) is 0 Å². The van der Waals surface area contributed by atoms with Crippen LogP contribution in [0.15, 0.2) is 24.3 Å². The topological polar surface area (TPSA) is 44.4 Å². The van der Waals surface area contributed by atoms with E-state index in [0.717, 1.165) is 37.4 Å². The van der Waals surface area contributed by atoms with Crippen molar-refractivity contribution in [2.45, 2.75) is 13.3 Å². The number of nitrogens with one attached hydrogen (secondary N) is 2. The fourth-order valence-electron chi connectivity index (χ4n) is 2.05. The molecule has 1 aliphatic heterocycles. The zero-order chi connectivity index (χ0) is 13.5. The van der Waals surface area contributed by atoms with Crippen LogP contribution in [0.5, 0.6) is 0 Å². The highest BCUT2D eigenvalue weighted by atomic mass is 32.2. The van der Waals surface area contributed by atoms with Crippen molar-refractivity contribution in [1.29, 1.82) is 0 Å². The highest BCUT2D eigenvalue weighted by Gasteiger charge is 2.20. The van der Waals surface area contributed by atoms with E-state index in [2.05, 4.69) is 17.6 Å². The Hall–Kier alpha value is -1.36. The van der Waals surface area contributed by atoms with Crippen LogP contribution in [0.1, 0.15) is 13.3 Å². The Kier molecular flexibility index (Phi) is 5.39. The number of hydrogen-bond acceptors (Lipinski definition) is 3. The molecular formula is C14H21N3OS. The van der Waals surface area contributed by atoms with Crippen LogP contribution < -0.4 is 15.5 Å². The Morgan fingerprint density at radius 2 is 2.37 bits per heavy atom. The highest BCUT2D eigenvalue weighted by molar-refractivity contribution is 7.99. The smallest absolute Gasteiger partial charge is 0.321 e. The SMILES string of the molecule is CCSCCCNc1cccc(N2CCNC2=O)c1. The fourth-order valence-corrected chi connectivity index (χ4v) is 2.69. The van der Waals surface area contributed by atoms with Gasteiger partial charge < -0.3 is 10.6 Å². The van der Waals surface area contributed by atoms with Gasteiger partial charge in [-0.15, -0.1) is 0 Å². The summed E-state index contributed by atoms with van der Waals surface area (Å²) < 4.78 is 0. The lowest BCUT2D eigenvalue weighted by atomic mass is 10.2. The predicted molar refractivity (Wildman–Crippen MR) is 83.3 cm³/mol. The van der Waals surface area contributed by atoms with Gasteiger partial charge in [0.15, 0.2) is 0 Å². The Labute approximate surface area is 118 Å². The van der Waals surface area contributed by atoms with E-state index in [1.807, 2.05) is 36.0 Å². The van der Waals surface area contributed by atoms with E-state index in [1.54, 1.807) is 4.90 Å². The number of rotatable bonds is 7. The van der Waals surface area contributed by atoms with E-state index in [0.29, 0.717) is 0 Å². The molecule has 4 nitrogen and oxygen atoms in total. The number of nitrogens with zero attached hydrogens (tertiary/aromatic N) is 1. The lowest BCUT2D eigenvalue weighted by molar-refractivity contribution is 0.252. The molecule has 1 saturated heterocycles. The largest absolute Gasteiger partial charge is 0.385 e. The number of benzene rings is 1. The molecule has 0 unspecified atom stereocenters. The molecule has 0 spiro atoms. The molecule has 2 N–H and O–H groups in total. The minimum Gasteiger partial charge on any atom is -0.385 e. The Balaban J connectivity index is 1.86. The summed E-state index contributed by atoms with van der Waals surface area (Å²) in [5, 5.41) is 6.23. The molecule has 0 atom stereocenters. The van der Waals surface area contributed by atoms with E-state index in [1.165, 1.54) is 11.5 Å². The average molecular weight is 279 g/mol. The van der Waals surface area contributed by atoms with Crippen LogP contribution in [0.3, 0.4) is 0 Å². The minimum absolute atomic E-state index is 0.00324. The fraction of sp³-hybridized carbons (Fsp3) is 0.500. The predicted octanol–water partition coefficient (Wildman–Crippen LogP) is 2.77.